The lowest BCUT2D eigenvalue weighted by atomic mass is 9.89. The van der Waals surface area contributed by atoms with Gasteiger partial charge in [-0.25, -0.2) is 8.42 Å². The van der Waals surface area contributed by atoms with Gasteiger partial charge in [-0.05, 0) is 37.0 Å². The van der Waals surface area contributed by atoms with Gasteiger partial charge in [0.05, 0.1) is 11.4 Å². The maximum absolute atomic E-state index is 12.6. The van der Waals surface area contributed by atoms with Crippen LogP contribution in [0.25, 0.3) is 0 Å². The highest BCUT2D eigenvalue weighted by Crippen LogP contribution is 2.24. The fourth-order valence-electron chi connectivity index (χ4n) is 3.76. The van der Waals surface area contributed by atoms with E-state index in [1.54, 1.807) is 37.9 Å². The van der Waals surface area contributed by atoms with Crippen molar-refractivity contribution in [2.24, 2.45) is 5.92 Å². The minimum absolute atomic E-state index is 0.0783. The summed E-state index contributed by atoms with van der Waals surface area (Å²) in [5, 5.41) is 2.61. The molecule has 0 atom stereocenters. The topological polar surface area (TPSA) is 86.8 Å². The van der Waals surface area contributed by atoms with Crippen molar-refractivity contribution in [2.75, 3.05) is 33.2 Å². The number of sulfonamides is 1. The molecule has 2 rings (SSSR count). The van der Waals surface area contributed by atoms with Gasteiger partial charge in [0.1, 0.15) is 0 Å². The molecular formula is C21H33N3O4S. The largest absolute Gasteiger partial charge is 0.344 e. The lowest BCUT2D eigenvalue weighted by Gasteiger charge is -2.27. The van der Waals surface area contributed by atoms with E-state index in [4.69, 9.17) is 0 Å². The Morgan fingerprint density at radius 2 is 1.76 bits per heavy atom. The van der Waals surface area contributed by atoms with Crippen molar-refractivity contribution in [3.63, 3.8) is 0 Å². The summed E-state index contributed by atoms with van der Waals surface area (Å²) in [6.07, 6.45) is 6.01. The Bertz CT molecular complexity index is 800. The molecule has 0 radical (unpaired) electrons. The van der Waals surface area contributed by atoms with Crippen LogP contribution in [0.15, 0.2) is 29.2 Å². The number of nitrogens with zero attached hydrogens (tertiary/aromatic N) is 2. The van der Waals surface area contributed by atoms with Gasteiger partial charge < -0.3 is 10.2 Å². The van der Waals surface area contributed by atoms with Gasteiger partial charge in [-0.2, -0.15) is 4.31 Å². The molecule has 0 unspecified atom stereocenters. The van der Waals surface area contributed by atoms with Crippen molar-refractivity contribution in [3.05, 3.63) is 29.8 Å². The molecule has 162 valence electrons. The molecule has 1 fully saturated rings. The van der Waals surface area contributed by atoms with Gasteiger partial charge in [0.2, 0.25) is 15.9 Å². The number of amides is 2. The summed E-state index contributed by atoms with van der Waals surface area (Å²) < 4.78 is 26.6. The number of benzene rings is 1. The monoisotopic (exact) mass is 423 g/mol. The number of hydrogen-bond donors (Lipinski definition) is 1. The molecule has 0 aliphatic heterocycles. The fourth-order valence-corrected chi connectivity index (χ4v) is 5.27. The zero-order valence-corrected chi connectivity index (χ0v) is 18.5. The smallest absolute Gasteiger partial charge is 0.251 e. The molecule has 0 bridgehead atoms. The van der Waals surface area contributed by atoms with Gasteiger partial charge in [0, 0.05) is 32.2 Å². The predicted octanol–water partition coefficient (Wildman–Crippen LogP) is 2.49. The summed E-state index contributed by atoms with van der Waals surface area (Å²) in [7, 11) is -1.88. The van der Waals surface area contributed by atoms with E-state index < -0.39 is 15.9 Å². The lowest BCUT2D eigenvalue weighted by molar-refractivity contribution is -0.129. The van der Waals surface area contributed by atoms with Gasteiger partial charge in [-0.1, -0.05) is 39.2 Å². The van der Waals surface area contributed by atoms with Gasteiger partial charge in [0.25, 0.3) is 5.91 Å². The lowest BCUT2D eigenvalue weighted by Crippen LogP contribution is -2.40. The zero-order chi connectivity index (χ0) is 21.4. The van der Waals surface area contributed by atoms with Crippen molar-refractivity contribution in [2.45, 2.75) is 50.8 Å². The van der Waals surface area contributed by atoms with E-state index in [-0.39, 0.29) is 22.9 Å². The Morgan fingerprint density at radius 1 is 1.10 bits per heavy atom. The van der Waals surface area contributed by atoms with Crippen LogP contribution in [-0.2, 0) is 14.8 Å². The van der Waals surface area contributed by atoms with Crippen LogP contribution in [0, 0.1) is 5.92 Å². The van der Waals surface area contributed by atoms with Crippen molar-refractivity contribution < 1.29 is 18.0 Å². The Morgan fingerprint density at radius 3 is 2.38 bits per heavy atom. The number of likely N-dealkylation sites (N-methyl/N-ethyl adjacent to an activating group) is 1. The summed E-state index contributed by atoms with van der Waals surface area (Å²) in [5.74, 6) is -0.0628. The average Bonchev–Trinajstić information content (AvgIpc) is 2.73. The van der Waals surface area contributed by atoms with Crippen molar-refractivity contribution in [1.82, 2.24) is 14.5 Å². The second-order valence-electron chi connectivity index (χ2n) is 7.58. The van der Waals surface area contributed by atoms with Gasteiger partial charge in [0.15, 0.2) is 0 Å². The Labute approximate surface area is 174 Å². The van der Waals surface area contributed by atoms with E-state index in [9.17, 15) is 18.0 Å². The minimum Gasteiger partial charge on any atom is -0.344 e. The quantitative estimate of drug-likeness (QED) is 0.661. The minimum atomic E-state index is -3.64. The summed E-state index contributed by atoms with van der Waals surface area (Å²) in [6, 6.07) is 5.93. The van der Waals surface area contributed by atoms with Crippen molar-refractivity contribution >= 4 is 21.8 Å². The van der Waals surface area contributed by atoms with Crippen molar-refractivity contribution in [3.8, 4) is 0 Å². The third kappa shape index (κ3) is 6.27. The molecule has 0 aromatic heterocycles. The first-order valence-electron chi connectivity index (χ1n) is 10.4. The second-order valence-corrected chi connectivity index (χ2v) is 9.52. The van der Waals surface area contributed by atoms with E-state index in [0.29, 0.717) is 25.6 Å². The Hall–Kier alpha value is -1.93. The predicted molar refractivity (Wildman–Crippen MR) is 113 cm³/mol. The highest BCUT2D eigenvalue weighted by Gasteiger charge is 2.23. The summed E-state index contributed by atoms with van der Waals surface area (Å²) >= 11 is 0. The molecule has 7 nitrogen and oxygen atoms in total. The number of carbonyl (C=O) groups excluding carboxylic acids is 2. The summed E-state index contributed by atoms with van der Waals surface area (Å²) in [5.41, 5.74) is 0.223. The number of hydrogen-bond acceptors (Lipinski definition) is 4. The first-order chi connectivity index (χ1) is 13.8. The van der Waals surface area contributed by atoms with E-state index in [1.165, 1.54) is 35.7 Å². The van der Waals surface area contributed by atoms with Gasteiger partial charge in [-0.3, -0.25) is 9.59 Å². The highest BCUT2D eigenvalue weighted by atomic mass is 32.2. The van der Waals surface area contributed by atoms with Crippen LogP contribution in [0.2, 0.25) is 0 Å². The van der Waals surface area contributed by atoms with Crippen LogP contribution in [0.5, 0.6) is 0 Å². The summed E-state index contributed by atoms with van der Waals surface area (Å²) in [6.45, 7) is 4.87. The molecule has 8 heteroatoms. The molecule has 2 amide bonds. The van der Waals surface area contributed by atoms with E-state index in [0.717, 1.165) is 12.8 Å². The molecule has 1 aromatic rings. The van der Waals surface area contributed by atoms with E-state index >= 15 is 0 Å². The highest BCUT2D eigenvalue weighted by molar-refractivity contribution is 7.89. The Balaban J connectivity index is 1.96. The number of rotatable bonds is 9. The first-order valence-corrected chi connectivity index (χ1v) is 11.9. The molecule has 29 heavy (non-hydrogen) atoms. The van der Waals surface area contributed by atoms with Crippen LogP contribution < -0.4 is 5.32 Å². The van der Waals surface area contributed by atoms with Crippen molar-refractivity contribution in [1.29, 1.82) is 0 Å². The summed E-state index contributed by atoms with van der Waals surface area (Å²) in [4.78, 5) is 26.6. The maximum Gasteiger partial charge on any atom is 0.251 e. The van der Waals surface area contributed by atoms with Gasteiger partial charge in [-0.15, -0.1) is 0 Å². The molecular weight excluding hydrogens is 390 g/mol. The molecule has 1 N–H and O–H groups in total. The molecule has 0 saturated heterocycles. The molecule has 0 spiro atoms. The van der Waals surface area contributed by atoms with Crippen LogP contribution in [0.3, 0.4) is 0 Å². The zero-order valence-electron chi connectivity index (χ0n) is 17.7. The van der Waals surface area contributed by atoms with Crippen LogP contribution in [-0.4, -0.2) is 62.7 Å². The molecule has 0 heterocycles. The number of carbonyl (C=O) groups is 2. The first kappa shape index (κ1) is 23.3. The van der Waals surface area contributed by atoms with Crippen LogP contribution >= 0.6 is 0 Å². The average molecular weight is 424 g/mol. The third-order valence-corrected chi connectivity index (χ3v) is 7.57. The SMILES string of the molecule is CCN(CC)S(=O)(=O)c1cccc(C(=O)NCC(=O)N(C)CC2CCCCC2)c1. The molecule has 1 saturated carbocycles. The second kappa shape index (κ2) is 10.7. The Kier molecular flexibility index (Phi) is 8.64. The molecule has 1 aliphatic rings. The van der Waals surface area contributed by atoms with E-state index in [2.05, 4.69) is 5.32 Å². The van der Waals surface area contributed by atoms with Crippen LogP contribution in [0.4, 0.5) is 0 Å². The molecule has 1 aromatic carbocycles. The van der Waals surface area contributed by atoms with Crippen LogP contribution in [0.1, 0.15) is 56.3 Å². The van der Waals surface area contributed by atoms with Gasteiger partial charge >= 0.3 is 0 Å². The normalized spacial score (nSPS) is 15.3. The fraction of sp³-hybridized carbons (Fsp3) is 0.619. The third-order valence-electron chi connectivity index (χ3n) is 5.52. The van der Waals surface area contributed by atoms with E-state index in [1.807, 2.05) is 0 Å². The standard InChI is InChI=1S/C21H33N3O4S/c1-4-24(5-2)29(27,28)19-13-9-12-18(14-19)21(26)22-15-20(25)23(3)16-17-10-7-6-8-11-17/h9,12-14,17H,4-8,10-11,15-16H2,1-3H3,(H,22,26). The maximum atomic E-state index is 12.6. The number of nitrogens with one attached hydrogen (secondary N) is 1. The molecule has 1 aliphatic carbocycles.